The fraction of sp³-hybridized carbons (Fsp3) is 0.368. The average molecular weight is 562 g/mol. The van der Waals surface area contributed by atoms with Crippen molar-refractivity contribution in [3.8, 4) is 5.75 Å². The average Bonchev–Trinajstić information content (AvgIpc) is 3.22. The molecule has 2 aromatic rings. The second-order valence-corrected chi connectivity index (χ2v) is 12.8. The first-order valence-corrected chi connectivity index (χ1v) is 13.2. The van der Waals surface area contributed by atoms with Crippen LogP contribution in [0.5, 0.6) is 5.75 Å². The Hall–Kier alpha value is -2.42. The molecule has 1 aromatic heterocycles. The number of anilines is 1. The van der Waals surface area contributed by atoms with E-state index in [2.05, 4.69) is 35.4 Å². The van der Waals surface area contributed by atoms with Crippen LogP contribution >= 0.6 is 15.9 Å². The van der Waals surface area contributed by atoms with E-state index < -0.39 is 37.4 Å². The number of phenols is 1. The van der Waals surface area contributed by atoms with Gasteiger partial charge in [0.25, 0.3) is 0 Å². The fourth-order valence-corrected chi connectivity index (χ4v) is 5.09. The lowest BCUT2D eigenvalue weighted by Crippen LogP contribution is -2.41. The van der Waals surface area contributed by atoms with Crippen molar-refractivity contribution in [1.29, 1.82) is 0 Å². The molecule has 11 nitrogen and oxygen atoms in total. The summed E-state index contributed by atoms with van der Waals surface area (Å²) in [5, 5.41) is 16.3. The number of phenolic OH excluding ortho intramolecular Hbond substituents is 1. The molecule has 3 rings (SSSR count). The quantitative estimate of drug-likeness (QED) is 0.471. The highest BCUT2D eigenvalue weighted by molar-refractivity contribution is 9.10. The van der Waals surface area contributed by atoms with Crippen molar-refractivity contribution in [2.45, 2.75) is 31.7 Å². The summed E-state index contributed by atoms with van der Waals surface area (Å²) in [6.07, 6.45) is 1.50. The number of halogens is 1. The Morgan fingerprint density at radius 3 is 2.36 bits per heavy atom. The van der Waals surface area contributed by atoms with Crippen molar-refractivity contribution in [2.24, 2.45) is 14.2 Å². The molecule has 3 N–H and O–H groups in total. The molecule has 2 heterocycles. The molecule has 14 heteroatoms. The highest BCUT2D eigenvalue weighted by Crippen LogP contribution is 2.36. The number of para-hydroxylation sites is 1. The first-order chi connectivity index (χ1) is 15.1. The van der Waals surface area contributed by atoms with Crippen LogP contribution in [0, 0.1) is 5.41 Å². The minimum atomic E-state index is -4.19. The molecule has 0 radical (unpaired) electrons. The zero-order chi connectivity index (χ0) is 24.8. The Balaban J connectivity index is 1.98. The Morgan fingerprint density at radius 2 is 1.82 bits per heavy atom. The summed E-state index contributed by atoms with van der Waals surface area (Å²) in [5.74, 6) is -0.366. The number of rotatable bonds is 5. The normalized spacial score (nSPS) is 16.9. The number of hydrogen-bond donors (Lipinski definition) is 3. The molecule has 180 valence electrons. The molecule has 1 aliphatic rings. The van der Waals surface area contributed by atoms with Crippen molar-refractivity contribution < 1.29 is 26.4 Å². The van der Waals surface area contributed by atoms with E-state index in [-0.39, 0.29) is 22.3 Å². The molecule has 33 heavy (non-hydrogen) atoms. The number of benzene rings is 1. The predicted molar refractivity (Wildman–Crippen MR) is 128 cm³/mol. The highest BCUT2D eigenvalue weighted by Gasteiger charge is 2.34. The van der Waals surface area contributed by atoms with Gasteiger partial charge < -0.3 is 20.2 Å². The van der Waals surface area contributed by atoms with Crippen LogP contribution in [-0.2, 0) is 20.2 Å². The van der Waals surface area contributed by atoms with Crippen molar-refractivity contribution in [2.75, 3.05) is 19.4 Å². The smallest absolute Gasteiger partial charge is 0.367 e. The van der Waals surface area contributed by atoms with Gasteiger partial charge in [-0.2, -0.15) is 8.42 Å². The largest absolute Gasteiger partial charge is 0.504 e. The van der Waals surface area contributed by atoms with Crippen LogP contribution < -0.4 is 10.6 Å². The van der Waals surface area contributed by atoms with E-state index in [4.69, 9.17) is 4.42 Å². The third kappa shape index (κ3) is 5.39. The minimum absolute atomic E-state index is 0.0590. The van der Waals surface area contributed by atoms with E-state index in [1.165, 1.54) is 38.6 Å². The summed E-state index contributed by atoms with van der Waals surface area (Å²) in [7, 11) is -5.48. The second-order valence-electron chi connectivity index (χ2n) is 8.50. The molecule has 0 fully saturated rings. The van der Waals surface area contributed by atoms with Gasteiger partial charge in [-0.25, -0.2) is 12.7 Å². The van der Waals surface area contributed by atoms with E-state index in [9.17, 15) is 21.9 Å². The molecule has 0 bridgehead atoms. The molecule has 0 amide bonds. The van der Waals surface area contributed by atoms with E-state index in [0.717, 1.165) is 4.31 Å². The summed E-state index contributed by atoms with van der Waals surface area (Å²) < 4.78 is 63.8. The van der Waals surface area contributed by atoms with Gasteiger partial charge in [0, 0.05) is 14.1 Å². The SMILES string of the molecule is CN(C)S(=O)(=O)c1cccc(NC2=NS(=O)(=O)N=C2N[C@@H](c2cc(Br)co2)C(C)(C)C)c1O. The lowest BCUT2D eigenvalue weighted by Gasteiger charge is -2.30. The number of nitrogens with zero attached hydrogens (tertiary/aromatic N) is 3. The summed E-state index contributed by atoms with van der Waals surface area (Å²) in [6.45, 7) is 5.78. The Morgan fingerprint density at radius 1 is 1.18 bits per heavy atom. The molecule has 0 saturated carbocycles. The molecule has 1 aromatic carbocycles. The van der Waals surface area contributed by atoms with Crippen LogP contribution in [0.25, 0.3) is 0 Å². The van der Waals surface area contributed by atoms with Gasteiger partial charge in [-0.15, -0.1) is 8.80 Å². The zero-order valence-electron chi connectivity index (χ0n) is 18.5. The Bertz CT molecular complexity index is 1340. The van der Waals surface area contributed by atoms with Crippen molar-refractivity contribution >= 4 is 53.5 Å². The van der Waals surface area contributed by atoms with Crippen LogP contribution in [0.1, 0.15) is 32.6 Å². The van der Waals surface area contributed by atoms with Crippen LogP contribution in [0.2, 0.25) is 0 Å². The maximum atomic E-state index is 12.5. The van der Waals surface area contributed by atoms with Gasteiger partial charge in [-0.1, -0.05) is 26.8 Å². The van der Waals surface area contributed by atoms with E-state index >= 15 is 0 Å². The van der Waals surface area contributed by atoms with Gasteiger partial charge in [0.2, 0.25) is 10.0 Å². The third-order valence-electron chi connectivity index (χ3n) is 4.67. The molecule has 0 aliphatic carbocycles. The maximum Gasteiger partial charge on any atom is 0.367 e. The number of aromatic hydroxyl groups is 1. The monoisotopic (exact) mass is 561 g/mol. The van der Waals surface area contributed by atoms with Gasteiger partial charge in [-0.3, -0.25) is 0 Å². The van der Waals surface area contributed by atoms with Gasteiger partial charge in [0.15, 0.2) is 17.4 Å². The van der Waals surface area contributed by atoms with Crippen LogP contribution in [0.3, 0.4) is 0 Å². The van der Waals surface area contributed by atoms with Crippen molar-refractivity contribution in [3.63, 3.8) is 0 Å². The molecule has 0 spiro atoms. The van der Waals surface area contributed by atoms with Gasteiger partial charge in [0.05, 0.1) is 16.2 Å². The fourth-order valence-electron chi connectivity index (χ4n) is 3.00. The van der Waals surface area contributed by atoms with E-state index in [0.29, 0.717) is 10.2 Å². The lowest BCUT2D eigenvalue weighted by atomic mass is 9.85. The van der Waals surface area contributed by atoms with Crippen molar-refractivity contribution in [3.05, 3.63) is 40.8 Å². The standard InChI is InChI=1S/C19H24BrN5O6S2/c1-19(2,3)16(13-9-11(20)10-31-13)22-18-17(23-33(29,30)24-18)21-12-7-6-8-14(15(12)26)32(27,28)25(4)5/h6-10,16,26H,1-5H3,(H,21,23)(H,22,24)/t16-/m0/s1. The topological polar surface area (TPSA) is 154 Å². The minimum Gasteiger partial charge on any atom is -0.504 e. The molecule has 0 saturated heterocycles. The van der Waals surface area contributed by atoms with Crippen LogP contribution in [0.4, 0.5) is 5.69 Å². The third-order valence-corrected chi connectivity index (χ3v) is 7.76. The molecular weight excluding hydrogens is 538 g/mol. The highest BCUT2D eigenvalue weighted by atomic mass is 79.9. The second kappa shape index (κ2) is 8.74. The van der Waals surface area contributed by atoms with Crippen molar-refractivity contribution in [1.82, 2.24) is 9.62 Å². The predicted octanol–water partition coefficient (Wildman–Crippen LogP) is 2.84. The molecule has 1 aliphatic heterocycles. The first-order valence-electron chi connectivity index (χ1n) is 9.59. The summed E-state index contributed by atoms with van der Waals surface area (Å²) in [4.78, 5) is -0.349. The lowest BCUT2D eigenvalue weighted by molar-refractivity contribution is 0.264. The number of furan rings is 1. The molecular formula is C19H24BrN5O6S2. The number of amidine groups is 2. The number of hydrogen-bond acceptors (Lipinski definition) is 8. The van der Waals surface area contributed by atoms with Crippen LogP contribution in [-0.4, -0.2) is 52.0 Å². The van der Waals surface area contributed by atoms with Gasteiger partial charge in [-0.05, 0) is 39.5 Å². The molecule has 1 atom stereocenters. The molecule has 0 unspecified atom stereocenters. The number of sulfonamides is 1. The summed E-state index contributed by atoms with van der Waals surface area (Å²) >= 11 is 3.33. The van der Waals surface area contributed by atoms with Gasteiger partial charge in [0.1, 0.15) is 16.9 Å². The Labute approximate surface area is 201 Å². The number of nitrogens with one attached hydrogen (secondary N) is 2. The first kappa shape index (κ1) is 25.2. The zero-order valence-corrected chi connectivity index (χ0v) is 21.7. The maximum absolute atomic E-state index is 12.5. The van der Waals surface area contributed by atoms with E-state index in [1.54, 1.807) is 6.07 Å². The summed E-state index contributed by atoms with van der Waals surface area (Å²) in [6, 6.07) is 5.28. The Kier molecular flexibility index (Phi) is 6.68. The van der Waals surface area contributed by atoms with Crippen LogP contribution in [0.15, 0.2) is 53.1 Å². The summed E-state index contributed by atoms with van der Waals surface area (Å²) in [5.41, 5.74) is -0.490. The van der Waals surface area contributed by atoms with E-state index in [1.807, 2.05) is 20.8 Å². The van der Waals surface area contributed by atoms with Gasteiger partial charge >= 0.3 is 10.2 Å².